The van der Waals surface area contributed by atoms with Crippen LogP contribution in [-0.2, 0) is 21.6 Å². The van der Waals surface area contributed by atoms with Gasteiger partial charge in [0.1, 0.15) is 0 Å². The molecule has 6 nitrogen and oxygen atoms in total. The molecule has 0 atom stereocenters. The minimum absolute atomic E-state index is 0. The maximum absolute atomic E-state index is 11.4. The molecule has 0 aliphatic heterocycles. The molecule has 0 bridgehead atoms. The summed E-state index contributed by atoms with van der Waals surface area (Å²) >= 11 is 0. The van der Waals surface area contributed by atoms with Crippen LogP contribution in [-0.4, -0.2) is 28.1 Å². The molecule has 1 aromatic rings. The van der Waals surface area contributed by atoms with Crippen molar-refractivity contribution in [3.05, 3.63) is 11.9 Å². The van der Waals surface area contributed by atoms with Gasteiger partial charge in [0.2, 0.25) is 0 Å². The smallest absolute Gasteiger partial charge is 0.333 e. The predicted octanol–water partition coefficient (Wildman–Crippen LogP) is 0.488. The Morgan fingerprint density at radius 1 is 1.56 bits per heavy atom. The summed E-state index contributed by atoms with van der Waals surface area (Å²) in [6, 6.07) is 0. The number of rotatable bonds is 3. The monoisotopic (exact) mass is 270 g/mol. The molecule has 16 heavy (non-hydrogen) atoms. The lowest BCUT2D eigenvalue weighted by molar-refractivity contribution is -0.150. The number of aromatic nitrogens is 3. The molecule has 0 saturated carbocycles. The Hall–Kier alpha value is -0.850. The van der Waals surface area contributed by atoms with Crippen LogP contribution in [0.15, 0.2) is 6.20 Å². The summed E-state index contributed by atoms with van der Waals surface area (Å²) in [5, 5.41) is 7.61. The van der Waals surface area contributed by atoms with E-state index in [1.807, 2.05) is 0 Å². The van der Waals surface area contributed by atoms with Crippen LogP contribution in [0.4, 0.5) is 0 Å². The van der Waals surface area contributed by atoms with E-state index in [1.165, 1.54) is 11.8 Å². The summed E-state index contributed by atoms with van der Waals surface area (Å²) in [7, 11) is 1.34. The summed E-state index contributed by atoms with van der Waals surface area (Å²) in [6.07, 6.45) is 1.64. The zero-order valence-electron chi connectivity index (χ0n) is 9.34. The third-order valence-electron chi connectivity index (χ3n) is 2.01. The van der Waals surface area contributed by atoms with Crippen molar-refractivity contribution in [2.75, 3.05) is 7.11 Å². The molecular formula is C8H16Cl2N4O2. The highest BCUT2D eigenvalue weighted by molar-refractivity contribution is 5.85. The first kappa shape index (κ1) is 17.5. The third kappa shape index (κ3) is 3.33. The van der Waals surface area contributed by atoms with Crippen LogP contribution in [0.5, 0.6) is 0 Å². The van der Waals surface area contributed by atoms with Gasteiger partial charge in [-0.25, -0.2) is 9.48 Å². The quantitative estimate of drug-likeness (QED) is 0.809. The average Bonchev–Trinajstić information content (AvgIpc) is 2.65. The van der Waals surface area contributed by atoms with Crippen LogP contribution < -0.4 is 5.73 Å². The van der Waals surface area contributed by atoms with Crippen molar-refractivity contribution in [1.29, 1.82) is 0 Å². The number of hydrogen-bond donors (Lipinski definition) is 1. The van der Waals surface area contributed by atoms with E-state index >= 15 is 0 Å². The molecule has 2 N–H and O–H groups in total. The Bertz CT molecular complexity index is 341. The van der Waals surface area contributed by atoms with Gasteiger partial charge in [-0.15, -0.1) is 29.9 Å². The zero-order valence-corrected chi connectivity index (χ0v) is 11.0. The van der Waals surface area contributed by atoms with E-state index in [0.717, 1.165) is 0 Å². The minimum Gasteiger partial charge on any atom is -0.467 e. The standard InChI is InChI=1S/C8H14N4O2.2ClH/c1-8(2,7(13)14-3)12-5-6(4-9)10-11-12;;/h5H,4,9H2,1-3H3;2*1H. The molecule has 0 radical (unpaired) electrons. The van der Waals surface area contributed by atoms with Gasteiger partial charge in [0.25, 0.3) is 0 Å². The summed E-state index contributed by atoms with van der Waals surface area (Å²) in [4.78, 5) is 11.4. The van der Waals surface area contributed by atoms with Gasteiger partial charge < -0.3 is 10.5 Å². The van der Waals surface area contributed by atoms with Crippen molar-refractivity contribution < 1.29 is 9.53 Å². The highest BCUT2D eigenvalue weighted by atomic mass is 35.5. The third-order valence-corrected chi connectivity index (χ3v) is 2.01. The van der Waals surface area contributed by atoms with Gasteiger partial charge in [-0.3, -0.25) is 0 Å². The number of halogens is 2. The van der Waals surface area contributed by atoms with Gasteiger partial charge in [-0.05, 0) is 13.8 Å². The van der Waals surface area contributed by atoms with Crippen LogP contribution in [0.3, 0.4) is 0 Å². The Balaban J connectivity index is 0. The number of nitrogens with zero attached hydrogens (tertiary/aromatic N) is 3. The zero-order chi connectivity index (χ0) is 10.8. The molecule has 0 saturated heterocycles. The van der Waals surface area contributed by atoms with Crippen LogP contribution in [0.2, 0.25) is 0 Å². The second-order valence-electron chi connectivity index (χ2n) is 3.41. The maximum Gasteiger partial charge on any atom is 0.333 e. The molecule has 0 spiro atoms. The number of esters is 1. The van der Waals surface area contributed by atoms with E-state index in [9.17, 15) is 4.79 Å². The highest BCUT2D eigenvalue weighted by Gasteiger charge is 2.32. The molecule has 0 aliphatic carbocycles. The lowest BCUT2D eigenvalue weighted by atomic mass is 10.1. The number of nitrogens with two attached hydrogens (primary N) is 1. The lowest BCUT2D eigenvalue weighted by Crippen LogP contribution is -2.37. The first-order valence-electron chi connectivity index (χ1n) is 4.22. The minimum atomic E-state index is -0.852. The molecule has 0 fully saturated rings. The van der Waals surface area contributed by atoms with Crippen LogP contribution in [0, 0.1) is 0 Å². The van der Waals surface area contributed by atoms with Gasteiger partial charge in [-0.2, -0.15) is 0 Å². The van der Waals surface area contributed by atoms with Crippen LogP contribution >= 0.6 is 24.8 Å². The normalized spacial score (nSPS) is 10.0. The van der Waals surface area contributed by atoms with Crippen LogP contribution in [0.1, 0.15) is 19.5 Å². The summed E-state index contributed by atoms with van der Waals surface area (Å²) in [5.74, 6) is -0.369. The van der Waals surface area contributed by atoms with Gasteiger partial charge in [-0.1, -0.05) is 5.21 Å². The molecular weight excluding hydrogens is 255 g/mol. The molecule has 1 aromatic heterocycles. The second-order valence-corrected chi connectivity index (χ2v) is 3.41. The van der Waals surface area contributed by atoms with E-state index in [-0.39, 0.29) is 30.8 Å². The van der Waals surface area contributed by atoms with Crippen LogP contribution in [0.25, 0.3) is 0 Å². The summed E-state index contributed by atoms with van der Waals surface area (Å²) < 4.78 is 6.10. The van der Waals surface area contributed by atoms with Gasteiger partial charge in [0.15, 0.2) is 5.54 Å². The molecule has 1 rings (SSSR count). The molecule has 0 amide bonds. The Morgan fingerprint density at radius 2 is 2.12 bits per heavy atom. The number of carbonyl (C=O) groups excluding carboxylic acids is 1. The maximum atomic E-state index is 11.4. The number of hydrogen-bond acceptors (Lipinski definition) is 5. The van der Waals surface area contributed by atoms with E-state index in [4.69, 9.17) is 5.73 Å². The molecule has 94 valence electrons. The molecule has 0 unspecified atom stereocenters. The molecule has 0 aliphatic rings. The molecule has 0 aromatic carbocycles. The van der Waals surface area contributed by atoms with Crippen molar-refractivity contribution in [3.63, 3.8) is 0 Å². The van der Waals surface area contributed by atoms with Gasteiger partial charge in [0.05, 0.1) is 19.0 Å². The fourth-order valence-electron chi connectivity index (χ4n) is 1.01. The van der Waals surface area contributed by atoms with Gasteiger partial charge in [0, 0.05) is 6.54 Å². The number of ether oxygens (including phenoxy) is 1. The van der Waals surface area contributed by atoms with E-state index in [2.05, 4.69) is 15.0 Å². The van der Waals surface area contributed by atoms with E-state index in [0.29, 0.717) is 12.2 Å². The molecule has 1 heterocycles. The lowest BCUT2D eigenvalue weighted by Gasteiger charge is -2.20. The fourth-order valence-corrected chi connectivity index (χ4v) is 1.01. The highest BCUT2D eigenvalue weighted by Crippen LogP contribution is 2.15. The van der Waals surface area contributed by atoms with Crippen molar-refractivity contribution in [2.45, 2.75) is 25.9 Å². The summed E-state index contributed by atoms with van der Waals surface area (Å²) in [6.45, 7) is 3.71. The molecule has 8 heteroatoms. The SMILES string of the molecule is COC(=O)C(C)(C)n1cc(CN)nn1.Cl.Cl. The Labute approximate surface area is 106 Å². The average molecular weight is 271 g/mol. The largest absolute Gasteiger partial charge is 0.467 e. The second kappa shape index (κ2) is 6.67. The van der Waals surface area contributed by atoms with Crippen molar-refractivity contribution in [3.8, 4) is 0 Å². The first-order chi connectivity index (χ1) is 6.52. The topological polar surface area (TPSA) is 83.0 Å². The first-order valence-corrected chi connectivity index (χ1v) is 4.22. The fraction of sp³-hybridized carbons (Fsp3) is 0.625. The predicted molar refractivity (Wildman–Crippen MR) is 63.7 cm³/mol. The summed E-state index contributed by atoms with van der Waals surface area (Å²) in [5.41, 5.74) is 5.17. The Kier molecular flexibility index (Phi) is 7.32. The van der Waals surface area contributed by atoms with Gasteiger partial charge >= 0.3 is 5.97 Å². The number of carbonyl (C=O) groups is 1. The van der Waals surface area contributed by atoms with E-state index in [1.54, 1.807) is 20.0 Å². The van der Waals surface area contributed by atoms with Crippen molar-refractivity contribution >= 4 is 30.8 Å². The van der Waals surface area contributed by atoms with Crippen molar-refractivity contribution in [2.24, 2.45) is 5.73 Å². The number of methoxy groups -OCH3 is 1. The Morgan fingerprint density at radius 3 is 2.50 bits per heavy atom. The van der Waals surface area contributed by atoms with Crippen molar-refractivity contribution in [1.82, 2.24) is 15.0 Å². The van der Waals surface area contributed by atoms with E-state index < -0.39 is 5.54 Å².